The molecule has 0 unspecified atom stereocenters. The maximum Gasteiger partial charge on any atom is 0.233 e. The molecular formula is C15H20N4O3S2. The van der Waals surface area contributed by atoms with Gasteiger partial charge < -0.3 is 19.4 Å². The number of anilines is 1. The summed E-state index contributed by atoms with van der Waals surface area (Å²) < 4.78 is 11.7. The topological polar surface area (TPSA) is 80.5 Å². The Morgan fingerprint density at radius 3 is 2.92 bits per heavy atom. The van der Waals surface area contributed by atoms with E-state index in [1.54, 1.807) is 6.26 Å². The van der Waals surface area contributed by atoms with Gasteiger partial charge in [0.2, 0.25) is 11.0 Å². The Kier molecular flexibility index (Phi) is 5.75. The fourth-order valence-corrected chi connectivity index (χ4v) is 4.16. The Morgan fingerprint density at radius 1 is 1.42 bits per heavy atom. The van der Waals surface area contributed by atoms with Crippen LogP contribution >= 0.6 is 23.1 Å². The van der Waals surface area contributed by atoms with Crippen molar-refractivity contribution in [3.63, 3.8) is 0 Å². The van der Waals surface area contributed by atoms with Crippen LogP contribution in [-0.2, 0) is 16.1 Å². The first-order chi connectivity index (χ1) is 11.6. The third-order valence-electron chi connectivity index (χ3n) is 3.49. The molecule has 3 heterocycles. The van der Waals surface area contributed by atoms with Gasteiger partial charge in [0.15, 0.2) is 4.34 Å². The van der Waals surface area contributed by atoms with Gasteiger partial charge in [-0.2, -0.15) is 0 Å². The van der Waals surface area contributed by atoms with Crippen LogP contribution < -0.4 is 5.32 Å². The van der Waals surface area contributed by atoms with Gasteiger partial charge in [0, 0.05) is 13.1 Å². The second-order valence-electron chi connectivity index (χ2n) is 5.65. The summed E-state index contributed by atoms with van der Waals surface area (Å²) in [6.07, 6.45) is 1.81. The van der Waals surface area contributed by atoms with Crippen molar-refractivity contribution >= 4 is 34.1 Å². The monoisotopic (exact) mass is 368 g/mol. The van der Waals surface area contributed by atoms with Crippen molar-refractivity contribution in [2.75, 3.05) is 24.2 Å². The SMILES string of the molecule is C[C@@H]1CN(C(=O)CSc2nnc(NCc3ccco3)s2)C[C@@H](C)O1. The van der Waals surface area contributed by atoms with Crippen molar-refractivity contribution in [2.24, 2.45) is 0 Å². The number of hydrogen-bond acceptors (Lipinski definition) is 8. The number of nitrogens with zero attached hydrogens (tertiary/aromatic N) is 3. The van der Waals surface area contributed by atoms with E-state index in [1.165, 1.54) is 23.1 Å². The van der Waals surface area contributed by atoms with Crippen molar-refractivity contribution in [3.8, 4) is 0 Å². The van der Waals surface area contributed by atoms with Gasteiger partial charge in [-0.25, -0.2) is 0 Å². The lowest BCUT2D eigenvalue weighted by Crippen LogP contribution is -2.48. The van der Waals surface area contributed by atoms with E-state index in [4.69, 9.17) is 9.15 Å². The molecule has 9 heteroatoms. The fourth-order valence-electron chi connectivity index (χ4n) is 2.51. The van der Waals surface area contributed by atoms with Gasteiger partial charge in [-0.05, 0) is 26.0 Å². The Hall–Kier alpha value is -1.58. The predicted octanol–water partition coefficient (Wildman–Crippen LogP) is 2.47. The molecule has 0 aromatic carbocycles. The number of amides is 1. The van der Waals surface area contributed by atoms with Crippen LogP contribution in [0, 0.1) is 0 Å². The first-order valence-electron chi connectivity index (χ1n) is 7.76. The minimum Gasteiger partial charge on any atom is -0.467 e. The van der Waals surface area contributed by atoms with Gasteiger partial charge >= 0.3 is 0 Å². The Balaban J connectivity index is 1.45. The highest BCUT2D eigenvalue weighted by atomic mass is 32.2. The van der Waals surface area contributed by atoms with E-state index in [9.17, 15) is 4.79 Å². The van der Waals surface area contributed by atoms with Crippen molar-refractivity contribution < 1.29 is 13.9 Å². The zero-order chi connectivity index (χ0) is 16.9. The zero-order valence-electron chi connectivity index (χ0n) is 13.6. The molecule has 2 aromatic heterocycles. The van der Waals surface area contributed by atoms with Crippen molar-refractivity contribution in [1.82, 2.24) is 15.1 Å². The van der Waals surface area contributed by atoms with Gasteiger partial charge in [-0.3, -0.25) is 4.79 Å². The van der Waals surface area contributed by atoms with Crippen LogP contribution in [0.15, 0.2) is 27.2 Å². The highest BCUT2D eigenvalue weighted by Crippen LogP contribution is 2.26. The Bertz CT molecular complexity index is 651. The summed E-state index contributed by atoms with van der Waals surface area (Å²) in [7, 11) is 0. The van der Waals surface area contributed by atoms with Crippen LogP contribution in [0.25, 0.3) is 0 Å². The lowest BCUT2D eigenvalue weighted by molar-refractivity contribution is -0.140. The molecule has 1 aliphatic heterocycles. The normalized spacial score (nSPS) is 21.0. The van der Waals surface area contributed by atoms with Crippen molar-refractivity contribution in [3.05, 3.63) is 24.2 Å². The van der Waals surface area contributed by atoms with E-state index in [0.717, 1.165) is 15.2 Å². The zero-order valence-corrected chi connectivity index (χ0v) is 15.2. The average molecular weight is 368 g/mol. The van der Waals surface area contributed by atoms with E-state index in [2.05, 4.69) is 15.5 Å². The molecule has 1 N–H and O–H groups in total. The largest absolute Gasteiger partial charge is 0.467 e. The summed E-state index contributed by atoms with van der Waals surface area (Å²) in [5.74, 6) is 1.32. The minimum atomic E-state index is 0.0848. The highest BCUT2D eigenvalue weighted by molar-refractivity contribution is 8.01. The molecule has 0 spiro atoms. The molecule has 1 aliphatic rings. The van der Waals surface area contributed by atoms with Crippen molar-refractivity contribution in [2.45, 2.75) is 36.9 Å². The molecule has 3 rings (SSSR count). The van der Waals surface area contributed by atoms with E-state index in [0.29, 0.717) is 25.4 Å². The minimum absolute atomic E-state index is 0.0848. The van der Waals surface area contributed by atoms with Gasteiger partial charge in [-0.1, -0.05) is 23.1 Å². The molecule has 0 aliphatic carbocycles. The number of furan rings is 1. The van der Waals surface area contributed by atoms with E-state index >= 15 is 0 Å². The molecule has 0 radical (unpaired) electrons. The number of nitrogens with one attached hydrogen (secondary N) is 1. The van der Waals surface area contributed by atoms with Gasteiger partial charge in [0.25, 0.3) is 0 Å². The van der Waals surface area contributed by atoms with Crippen LogP contribution in [0.3, 0.4) is 0 Å². The highest BCUT2D eigenvalue weighted by Gasteiger charge is 2.25. The number of carbonyl (C=O) groups is 1. The molecule has 1 amide bonds. The summed E-state index contributed by atoms with van der Waals surface area (Å²) in [6.45, 7) is 5.84. The van der Waals surface area contributed by atoms with Crippen LogP contribution in [0.5, 0.6) is 0 Å². The third kappa shape index (κ3) is 4.71. The summed E-state index contributed by atoms with van der Waals surface area (Å²) in [6, 6.07) is 3.74. The quantitative estimate of drug-likeness (QED) is 0.785. The number of ether oxygens (including phenoxy) is 1. The second kappa shape index (κ2) is 8.00. The Labute approximate surface area is 148 Å². The first-order valence-corrected chi connectivity index (χ1v) is 9.56. The second-order valence-corrected chi connectivity index (χ2v) is 7.85. The standard InChI is InChI=1S/C15H20N4O3S2/c1-10-7-19(8-11(2)22-10)13(20)9-23-15-18-17-14(24-15)16-6-12-4-3-5-21-12/h3-5,10-11H,6-9H2,1-2H3,(H,16,17)/t10-,11-/m1/s1. The molecule has 130 valence electrons. The van der Waals surface area contributed by atoms with Gasteiger partial charge in [0.05, 0.1) is 30.8 Å². The van der Waals surface area contributed by atoms with Crippen LogP contribution in [0.4, 0.5) is 5.13 Å². The maximum atomic E-state index is 12.3. The van der Waals surface area contributed by atoms with Crippen LogP contribution in [0.1, 0.15) is 19.6 Å². The number of hydrogen-bond donors (Lipinski definition) is 1. The van der Waals surface area contributed by atoms with Crippen LogP contribution in [0.2, 0.25) is 0 Å². The lowest BCUT2D eigenvalue weighted by atomic mass is 10.2. The number of carbonyl (C=O) groups excluding carboxylic acids is 1. The molecule has 2 atom stereocenters. The number of aromatic nitrogens is 2. The molecule has 24 heavy (non-hydrogen) atoms. The summed E-state index contributed by atoms with van der Waals surface area (Å²) >= 11 is 2.86. The lowest BCUT2D eigenvalue weighted by Gasteiger charge is -2.35. The molecule has 0 saturated carbocycles. The number of rotatable bonds is 6. The smallest absolute Gasteiger partial charge is 0.233 e. The molecular weight excluding hydrogens is 348 g/mol. The summed E-state index contributed by atoms with van der Waals surface area (Å²) in [5, 5.41) is 12.1. The van der Waals surface area contributed by atoms with E-state index < -0.39 is 0 Å². The van der Waals surface area contributed by atoms with Gasteiger partial charge in [-0.15, -0.1) is 10.2 Å². The molecule has 1 fully saturated rings. The third-order valence-corrected chi connectivity index (χ3v) is 5.49. The molecule has 7 nitrogen and oxygen atoms in total. The maximum absolute atomic E-state index is 12.3. The summed E-state index contributed by atoms with van der Waals surface area (Å²) in [5.41, 5.74) is 0. The summed E-state index contributed by atoms with van der Waals surface area (Å²) in [4.78, 5) is 14.2. The first kappa shape index (κ1) is 17.2. The molecule has 0 bridgehead atoms. The molecule has 1 saturated heterocycles. The van der Waals surface area contributed by atoms with Crippen molar-refractivity contribution in [1.29, 1.82) is 0 Å². The average Bonchev–Trinajstić information content (AvgIpc) is 3.21. The fraction of sp³-hybridized carbons (Fsp3) is 0.533. The van der Waals surface area contributed by atoms with Gasteiger partial charge in [0.1, 0.15) is 5.76 Å². The number of morpholine rings is 1. The number of thioether (sulfide) groups is 1. The predicted molar refractivity (Wildman–Crippen MR) is 93.3 cm³/mol. The van der Waals surface area contributed by atoms with E-state index in [-0.39, 0.29) is 18.1 Å². The molecule has 2 aromatic rings. The van der Waals surface area contributed by atoms with Crippen LogP contribution in [-0.4, -0.2) is 52.1 Å². The Morgan fingerprint density at radius 2 is 2.21 bits per heavy atom. The van der Waals surface area contributed by atoms with E-state index in [1.807, 2.05) is 30.9 Å².